The van der Waals surface area contributed by atoms with Crippen LogP contribution in [0.5, 0.6) is 0 Å². The molecule has 0 N–H and O–H groups in total. The fraction of sp³-hybridized carbons (Fsp3) is 0.533. The van der Waals surface area contributed by atoms with Gasteiger partial charge >= 0.3 is 0 Å². The molecule has 0 spiro atoms. The largest absolute Gasteiger partial charge is 0.361 e. The van der Waals surface area contributed by atoms with E-state index in [0.29, 0.717) is 6.04 Å². The van der Waals surface area contributed by atoms with Gasteiger partial charge in [0.1, 0.15) is 11.5 Å². The molecule has 102 valence electrons. The van der Waals surface area contributed by atoms with Crippen molar-refractivity contribution in [3.63, 3.8) is 0 Å². The average molecular weight is 276 g/mol. The summed E-state index contributed by atoms with van der Waals surface area (Å²) in [6, 6.07) is 6.97. The summed E-state index contributed by atoms with van der Waals surface area (Å²) in [5, 5.41) is 4.22. The van der Waals surface area contributed by atoms with Gasteiger partial charge in [0.05, 0.1) is 6.04 Å². The minimum Gasteiger partial charge on any atom is -0.361 e. The molecule has 0 unspecified atom stereocenters. The van der Waals surface area contributed by atoms with E-state index < -0.39 is 0 Å². The van der Waals surface area contributed by atoms with Crippen molar-refractivity contribution in [3.05, 3.63) is 39.4 Å². The van der Waals surface area contributed by atoms with E-state index in [1.165, 1.54) is 29.0 Å². The van der Waals surface area contributed by atoms with Crippen LogP contribution in [0.2, 0.25) is 0 Å². The van der Waals surface area contributed by atoms with E-state index in [9.17, 15) is 0 Å². The summed E-state index contributed by atoms with van der Waals surface area (Å²) in [5.74, 6) is 0.910. The highest BCUT2D eigenvalue weighted by atomic mass is 32.1. The molecule has 1 fully saturated rings. The van der Waals surface area contributed by atoms with Gasteiger partial charge in [-0.25, -0.2) is 0 Å². The third kappa shape index (κ3) is 2.90. The third-order valence-electron chi connectivity index (χ3n) is 3.76. The molecular weight excluding hydrogens is 256 g/mol. The molecule has 19 heavy (non-hydrogen) atoms. The van der Waals surface area contributed by atoms with E-state index in [1.54, 1.807) is 0 Å². The van der Waals surface area contributed by atoms with Crippen LogP contribution in [0.4, 0.5) is 0 Å². The Balaban J connectivity index is 1.77. The molecule has 0 radical (unpaired) electrons. The van der Waals surface area contributed by atoms with Gasteiger partial charge in [0.15, 0.2) is 0 Å². The molecule has 0 amide bonds. The summed E-state index contributed by atoms with van der Waals surface area (Å²) >= 11 is 1.90. The van der Waals surface area contributed by atoms with Gasteiger partial charge in [-0.2, -0.15) is 0 Å². The van der Waals surface area contributed by atoms with Crippen LogP contribution in [0, 0.1) is 13.8 Å². The maximum absolute atomic E-state index is 5.25. The van der Waals surface area contributed by atoms with Crippen LogP contribution in [0.3, 0.4) is 0 Å². The lowest BCUT2D eigenvalue weighted by Crippen LogP contribution is -2.32. The van der Waals surface area contributed by atoms with Gasteiger partial charge in [-0.3, -0.25) is 4.90 Å². The Bertz CT molecular complexity index is 546. The number of aromatic nitrogens is 1. The number of likely N-dealkylation sites (tertiary alicyclic amines) is 1. The Labute approximate surface area is 118 Å². The van der Waals surface area contributed by atoms with E-state index in [1.807, 2.05) is 18.3 Å². The molecule has 1 aliphatic heterocycles. The monoisotopic (exact) mass is 276 g/mol. The predicted molar refractivity (Wildman–Crippen MR) is 77.3 cm³/mol. The van der Waals surface area contributed by atoms with E-state index >= 15 is 0 Å². The molecular formula is C15H20N2OS. The van der Waals surface area contributed by atoms with Crippen LogP contribution in [0.1, 0.15) is 46.5 Å². The molecule has 1 atom stereocenters. The first-order valence-corrected chi connectivity index (χ1v) is 7.76. The Kier molecular flexibility index (Phi) is 3.71. The maximum atomic E-state index is 5.25. The highest BCUT2D eigenvalue weighted by Crippen LogP contribution is 2.32. The van der Waals surface area contributed by atoms with Crippen molar-refractivity contribution in [2.75, 3.05) is 6.54 Å². The molecule has 4 heteroatoms. The standard InChI is InChI=1S/C15H20N2OS/c1-11-9-14(16-18-11)15-5-3-4-8-17(15)10-13-7-6-12(2)19-13/h6-7,9,15H,3-5,8,10H2,1-2H3/t15-/m1/s1. The lowest BCUT2D eigenvalue weighted by Gasteiger charge is -2.34. The van der Waals surface area contributed by atoms with Crippen molar-refractivity contribution < 1.29 is 4.52 Å². The summed E-state index contributed by atoms with van der Waals surface area (Å²) in [4.78, 5) is 5.39. The number of nitrogens with zero attached hydrogens (tertiary/aromatic N) is 2. The topological polar surface area (TPSA) is 29.3 Å². The zero-order valence-corrected chi connectivity index (χ0v) is 12.4. The van der Waals surface area contributed by atoms with Crippen molar-refractivity contribution >= 4 is 11.3 Å². The fourth-order valence-electron chi connectivity index (χ4n) is 2.83. The lowest BCUT2D eigenvalue weighted by molar-refractivity contribution is 0.135. The second kappa shape index (κ2) is 5.47. The number of piperidine rings is 1. The first-order chi connectivity index (χ1) is 9.22. The van der Waals surface area contributed by atoms with Crippen molar-refractivity contribution in [1.29, 1.82) is 0 Å². The van der Waals surface area contributed by atoms with Crippen LogP contribution in [-0.2, 0) is 6.54 Å². The molecule has 3 rings (SSSR count). The Morgan fingerprint density at radius 3 is 2.95 bits per heavy atom. The highest BCUT2D eigenvalue weighted by molar-refractivity contribution is 7.11. The summed E-state index contributed by atoms with van der Waals surface area (Å²) in [6.45, 7) is 6.33. The van der Waals surface area contributed by atoms with Crippen molar-refractivity contribution in [2.45, 2.75) is 45.7 Å². The fourth-order valence-corrected chi connectivity index (χ4v) is 3.74. The van der Waals surface area contributed by atoms with Crippen LogP contribution < -0.4 is 0 Å². The van der Waals surface area contributed by atoms with Gasteiger partial charge in [-0.05, 0) is 45.4 Å². The normalized spacial score (nSPS) is 20.8. The second-order valence-corrected chi connectivity index (χ2v) is 6.73. The molecule has 1 saturated heterocycles. The first kappa shape index (κ1) is 12.9. The van der Waals surface area contributed by atoms with Crippen LogP contribution >= 0.6 is 11.3 Å². The third-order valence-corrected chi connectivity index (χ3v) is 4.74. The summed E-state index contributed by atoms with van der Waals surface area (Å²) in [5.41, 5.74) is 1.10. The van der Waals surface area contributed by atoms with Gasteiger partial charge in [-0.15, -0.1) is 11.3 Å². The zero-order chi connectivity index (χ0) is 13.2. The van der Waals surface area contributed by atoms with Crippen molar-refractivity contribution in [1.82, 2.24) is 10.1 Å². The number of thiophene rings is 1. The van der Waals surface area contributed by atoms with Gasteiger partial charge in [0, 0.05) is 22.4 Å². The maximum Gasteiger partial charge on any atom is 0.133 e. The van der Waals surface area contributed by atoms with E-state index in [-0.39, 0.29) is 0 Å². The highest BCUT2D eigenvalue weighted by Gasteiger charge is 2.26. The van der Waals surface area contributed by atoms with E-state index in [2.05, 4.69) is 35.2 Å². The average Bonchev–Trinajstić information content (AvgIpc) is 2.99. The quantitative estimate of drug-likeness (QED) is 0.846. The molecule has 1 aliphatic rings. The SMILES string of the molecule is Cc1cc([C@H]2CCCCN2Cc2ccc(C)s2)no1. The molecule has 0 aliphatic carbocycles. The van der Waals surface area contributed by atoms with Crippen molar-refractivity contribution in [3.8, 4) is 0 Å². The number of aryl methyl sites for hydroxylation is 2. The molecule has 0 aromatic carbocycles. The van der Waals surface area contributed by atoms with Gasteiger partial charge in [0.2, 0.25) is 0 Å². The minimum atomic E-state index is 0.425. The molecule has 0 saturated carbocycles. The summed E-state index contributed by atoms with van der Waals surface area (Å²) < 4.78 is 5.25. The van der Waals surface area contributed by atoms with Crippen LogP contribution in [-0.4, -0.2) is 16.6 Å². The zero-order valence-electron chi connectivity index (χ0n) is 11.6. The summed E-state index contributed by atoms with van der Waals surface area (Å²) in [7, 11) is 0. The van der Waals surface area contributed by atoms with Crippen LogP contribution in [0.15, 0.2) is 22.7 Å². The number of rotatable bonds is 3. The lowest BCUT2D eigenvalue weighted by atomic mass is 9.99. The molecule has 2 aromatic heterocycles. The van der Waals surface area contributed by atoms with Crippen LogP contribution in [0.25, 0.3) is 0 Å². The molecule has 2 aromatic rings. The number of hydrogen-bond donors (Lipinski definition) is 0. The summed E-state index contributed by atoms with van der Waals surface area (Å²) in [6.07, 6.45) is 3.77. The van der Waals surface area contributed by atoms with E-state index in [4.69, 9.17) is 4.52 Å². The minimum absolute atomic E-state index is 0.425. The molecule has 3 heterocycles. The Morgan fingerprint density at radius 1 is 1.37 bits per heavy atom. The number of hydrogen-bond acceptors (Lipinski definition) is 4. The van der Waals surface area contributed by atoms with Gasteiger partial charge in [-0.1, -0.05) is 11.6 Å². The van der Waals surface area contributed by atoms with Gasteiger partial charge < -0.3 is 4.52 Å². The Morgan fingerprint density at radius 2 is 2.26 bits per heavy atom. The van der Waals surface area contributed by atoms with Crippen molar-refractivity contribution in [2.24, 2.45) is 0 Å². The molecule has 3 nitrogen and oxygen atoms in total. The van der Waals surface area contributed by atoms with Gasteiger partial charge in [0.25, 0.3) is 0 Å². The predicted octanol–water partition coefficient (Wildman–Crippen LogP) is 4.08. The Hall–Kier alpha value is -1.13. The van der Waals surface area contributed by atoms with E-state index in [0.717, 1.165) is 24.5 Å². The molecule has 0 bridgehead atoms. The first-order valence-electron chi connectivity index (χ1n) is 6.95. The second-order valence-electron chi connectivity index (χ2n) is 5.36. The smallest absolute Gasteiger partial charge is 0.133 e.